The lowest BCUT2D eigenvalue weighted by molar-refractivity contribution is -0.138. The summed E-state index contributed by atoms with van der Waals surface area (Å²) in [4.78, 5) is 25.8. The number of carbonyl (C=O) groups excluding carboxylic acids is 2. The molecule has 0 bridgehead atoms. The van der Waals surface area contributed by atoms with Gasteiger partial charge in [0.1, 0.15) is 12.1 Å². The first-order valence-electron chi connectivity index (χ1n) is 10.6. The third kappa shape index (κ3) is 4.87. The lowest BCUT2D eigenvalue weighted by atomic mass is 9.85. The normalized spacial score (nSPS) is 19.3. The van der Waals surface area contributed by atoms with Crippen LogP contribution < -0.4 is 10.6 Å². The average Bonchev–Trinajstić information content (AvgIpc) is 2.81. The van der Waals surface area contributed by atoms with Crippen LogP contribution in [0.4, 0.5) is 0 Å². The van der Waals surface area contributed by atoms with Crippen molar-refractivity contribution in [2.75, 3.05) is 5.75 Å². The van der Waals surface area contributed by atoms with Crippen molar-refractivity contribution >= 4 is 23.6 Å². The molecule has 3 N–H and O–H groups in total. The Bertz CT molecular complexity index is 1030. The second kappa shape index (κ2) is 10.0. The Kier molecular flexibility index (Phi) is 6.93. The van der Waals surface area contributed by atoms with Crippen LogP contribution in [0.15, 0.2) is 89.8 Å². The lowest BCUT2D eigenvalue weighted by Crippen LogP contribution is -2.65. The third-order valence-corrected chi connectivity index (χ3v) is 6.78. The van der Waals surface area contributed by atoms with Gasteiger partial charge in [-0.15, -0.1) is 11.8 Å². The van der Waals surface area contributed by atoms with Gasteiger partial charge in [0.2, 0.25) is 11.8 Å². The number of aliphatic hydroxyl groups excluding tert-OH is 1. The molecule has 3 aromatic rings. The molecule has 3 aromatic carbocycles. The van der Waals surface area contributed by atoms with Crippen LogP contribution in [-0.4, -0.2) is 40.9 Å². The Morgan fingerprint density at radius 1 is 0.812 bits per heavy atom. The first kappa shape index (κ1) is 22.1. The molecule has 1 aliphatic heterocycles. The summed E-state index contributed by atoms with van der Waals surface area (Å²) in [5.41, 5.74) is 3.53. The molecule has 4 rings (SSSR count). The molecule has 0 aliphatic carbocycles. The van der Waals surface area contributed by atoms with E-state index in [9.17, 15) is 14.7 Å². The van der Waals surface area contributed by atoms with Crippen molar-refractivity contribution in [2.24, 2.45) is 0 Å². The number of piperazine rings is 1. The number of carbonyl (C=O) groups is 2. The third-order valence-electron chi connectivity index (χ3n) is 5.60. The number of aliphatic hydroxyl groups is 1. The van der Waals surface area contributed by atoms with Gasteiger partial charge in [0.25, 0.3) is 0 Å². The highest BCUT2D eigenvalue weighted by Gasteiger charge is 2.36. The summed E-state index contributed by atoms with van der Waals surface area (Å²) in [5.74, 6) is -0.180. The van der Waals surface area contributed by atoms with E-state index in [1.165, 1.54) is 18.1 Å². The van der Waals surface area contributed by atoms with Crippen LogP contribution in [0.25, 0.3) is 0 Å². The molecule has 6 heteroatoms. The summed E-state index contributed by atoms with van der Waals surface area (Å²) in [7, 11) is 0. The minimum absolute atomic E-state index is 0.0514. The van der Waals surface area contributed by atoms with E-state index in [2.05, 4.69) is 47.0 Å². The van der Waals surface area contributed by atoms with Gasteiger partial charge in [0.15, 0.2) is 0 Å². The van der Waals surface area contributed by atoms with Crippen LogP contribution in [0.2, 0.25) is 0 Å². The fourth-order valence-corrected chi connectivity index (χ4v) is 5.08. The monoisotopic (exact) mass is 446 g/mol. The zero-order chi connectivity index (χ0) is 22.5. The molecule has 0 saturated carbocycles. The Morgan fingerprint density at radius 2 is 1.38 bits per heavy atom. The summed E-state index contributed by atoms with van der Waals surface area (Å²) in [6.45, 7) is 1.49. The van der Waals surface area contributed by atoms with Crippen molar-refractivity contribution in [1.82, 2.24) is 10.6 Å². The van der Waals surface area contributed by atoms with E-state index >= 15 is 0 Å². The molecule has 1 aliphatic rings. The van der Waals surface area contributed by atoms with Crippen molar-refractivity contribution in [2.45, 2.75) is 35.9 Å². The van der Waals surface area contributed by atoms with Gasteiger partial charge < -0.3 is 15.7 Å². The zero-order valence-electron chi connectivity index (χ0n) is 17.8. The topological polar surface area (TPSA) is 78.4 Å². The van der Waals surface area contributed by atoms with Crippen molar-refractivity contribution in [3.63, 3.8) is 0 Å². The van der Waals surface area contributed by atoms with Gasteiger partial charge in [-0.3, -0.25) is 9.59 Å². The summed E-state index contributed by atoms with van der Waals surface area (Å²) in [6, 6.07) is 27.3. The van der Waals surface area contributed by atoms with Gasteiger partial charge in [-0.2, -0.15) is 0 Å². The van der Waals surface area contributed by atoms with Gasteiger partial charge in [0, 0.05) is 16.6 Å². The van der Waals surface area contributed by atoms with Crippen molar-refractivity contribution in [1.29, 1.82) is 0 Å². The number of hydrogen-bond donors (Lipinski definition) is 3. The molecule has 1 heterocycles. The molecule has 1 saturated heterocycles. The van der Waals surface area contributed by atoms with Gasteiger partial charge in [-0.1, -0.05) is 78.9 Å². The number of thioether (sulfide) groups is 1. The number of benzene rings is 3. The minimum atomic E-state index is -0.939. The summed E-state index contributed by atoms with van der Waals surface area (Å²) >= 11 is 1.55. The van der Waals surface area contributed by atoms with Crippen LogP contribution in [-0.2, 0) is 9.59 Å². The number of rotatable bonds is 7. The molecule has 164 valence electrons. The number of hydrogen-bond acceptors (Lipinski definition) is 4. The fourth-order valence-electron chi connectivity index (χ4n) is 3.97. The molecule has 32 heavy (non-hydrogen) atoms. The molecule has 0 spiro atoms. The van der Waals surface area contributed by atoms with E-state index in [1.807, 2.05) is 48.5 Å². The fraction of sp³-hybridized carbons (Fsp3) is 0.231. The highest BCUT2D eigenvalue weighted by molar-refractivity contribution is 7.99. The maximum atomic E-state index is 12.5. The van der Waals surface area contributed by atoms with Crippen molar-refractivity contribution in [3.05, 3.63) is 102 Å². The van der Waals surface area contributed by atoms with Crippen molar-refractivity contribution < 1.29 is 14.7 Å². The highest BCUT2D eigenvalue weighted by atomic mass is 32.2. The predicted octanol–water partition coefficient (Wildman–Crippen LogP) is 3.32. The Labute approximate surface area is 192 Å². The van der Waals surface area contributed by atoms with Crippen LogP contribution in [0.1, 0.15) is 29.5 Å². The maximum absolute atomic E-state index is 12.5. The number of nitrogens with one attached hydrogen (secondary N) is 2. The summed E-state index contributed by atoms with van der Waals surface area (Å²) in [6.07, 6.45) is -0.939. The summed E-state index contributed by atoms with van der Waals surface area (Å²) < 4.78 is 0. The molecule has 2 amide bonds. The van der Waals surface area contributed by atoms with Crippen LogP contribution in [0.5, 0.6) is 0 Å². The zero-order valence-corrected chi connectivity index (χ0v) is 18.6. The summed E-state index contributed by atoms with van der Waals surface area (Å²) in [5, 5.41) is 15.1. The average molecular weight is 447 g/mol. The Morgan fingerprint density at radius 3 is 1.97 bits per heavy atom. The molecule has 0 radical (unpaired) electrons. The quantitative estimate of drug-likeness (QED) is 0.384. The highest BCUT2D eigenvalue weighted by Crippen LogP contribution is 2.37. The van der Waals surface area contributed by atoms with Gasteiger partial charge in [0.05, 0.1) is 6.10 Å². The molecule has 3 atom stereocenters. The van der Waals surface area contributed by atoms with E-state index < -0.39 is 18.2 Å². The van der Waals surface area contributed by atoms with Crippen molar-refractivity contribution in [3.8, 4) is 0 Å². The largest absolute Gasteiger partial charge is 0.391 e. The molecular weight excluding hydrogens is 420 g/mol. The second-order valence-corrected chi connectivity index (χ2v) is 8.95. The molecule has 5 nitrogen and oxygen atoms in total. The van der Waals surface area contributed by atoms with E-state index in [4.69, 9.17) is 0 Å². The van der Waals surface area contributed by atoms with E-state index in [0.717, 1.165) is 10.5 Å². The maximum Gasteiger partial charge on any atom is 0.245 e. The van der Waals surface area contributed by atoms with Gasteiger partial charge in [-0.05, 0) is 29.7 Å². The SMILES string of the molecule is CC(O)C1NC(=O)C(CSc2ccccc2C(c2ccccc2)c2ccccc2)NC1=O. The van der Waals surface area contributed by atoms with Crippen LogP contribution in [0.3, 0.4) is 0 Å². The molecule has 0 aromatic heterocycles. The van der Waals surface area contributed by atoms with E-state index in [0.29, 0.717) is 5.75 Å². The Balaban J connectivity index is 1.60. The van der Waals surface area contributed by atoms with Gasteiger partial charge >= 0.3 is 0 Å². The smallest absolute Gasteiger partial charge is 0.245 e. The van der Waals surface area contributed by atoms with Crippen LogP contribution >= 0.6 is 11.8 Å². The van der Waals surface area contributed by atoms with Gasteiger partial charge in [-0.25, -0.2) is 0 Å². The first-order valence-corrected chi connectivity index (χ1v) is 11.6. The van der Waals surface area contributed by atoms with Crippen LogP contribution in [0, 0.1) is 0 Å². The standard InChI is InChI=1S/C26H26N2O3S/c1-17(29)24-26(31)27-21(25(30)28-24)16-32-22-15-9-8-14-20(22)23(18-10-4-2-5-11-18)19-12-6-3-7-13-19/h2-15,17,21,23-24,29H,16H2,1H3,(H,27,31)(H,28,30). The number of amides is 2. The Hall–Kier alpha value is -3.09. The predicted molar refractivity (Wildman–Crippen MR) is 127 cm³/mol. The lowest BCUT2D eigenvalue weighted by Gasteiger charge is -2.31. The molecule has 3 unspecified atom stereocenters. The second-order valence-electron chi connectivity index (χ2n) is 7.89. The molecule has 1 fully saturated rings. The molecular formula is C26H26N2O3S. The van der Waals surface area contributed by atoms with E-state index in [1.54, 1.807) is 11.8 Å². The van der Waals surface area contributed by atoms with E-state index in [-0.39, 0.29) is 17.7 Å². The minimum Gasteiger partial charge on any atom is -0.391 e. The first-order chi connectivity index (χ1) is 15.5.